The lowest BCUT2D eigenvalue weighted by molar-refractivity contribution is 0.0961. The summed E-state index contributed by atoms with van der Waals surface area (Å²) in [6.45, 7) is 15.3. The van der Waals surface area contributed by atoms with Gasteiger partial charge in [0.05, 0.1) is 10.6 Å². The van der Waals surface area contributed by atoms with E-state index in [0.717, 1.165) is 39.6 Å². The van der Waals surface area contributed by atoms with E-state index in [0.29, 0.717) is 17.5 Å². The van der Waals surface area contributed by atoms with Crippen molar-refractivity contribution in [2.75, 3.05) is 7.05 Å². The van der Waals surface area contributed by atoms with E-state index >= 15 is 0 Å². The van der Waals surface area contributed by atoms with Crippen LogP contribution in [0.25, 0.3) is 0 Å². The van der Waals surface area contributed by atoms with E-state index in [4.69, 9.17) is 11.6 Å². The number of hydrogen-bond acceptors (Lipinski definition) is 2. The minimum absolute atomic E-state index is 0.0349. The molecule has 34 heavy (non-hydrogen) atoms. The Morgan fingerprint density at radius 3 is 2.53 bits per heavy atom. The van der Waals surface area contributed by atoms with Crippen molar-refractivity contribution in [2.45, 2.75) is 77.8 Å². The molecule has 1 aromatic carbocycles. The zero-order valence-electron chi connectivity index (χ0n) is 22.0. The maximum absolute atomic E-state index is 12.9. The first-order valence-electron chi connectivity index (χ1n) is 12.2. The Morgan fingerprint density at radius 1 is 1.26 bits per heavy atom. The first-order chi connectivity index (χ1) is 16.3. The number of allylic oxidation sites excluding steroid dienone is 6. The summed E-state index contributed by atoms with van der Waals surface area (Å²) >= 11 is 7.95. The van der Waals surface area contributed by atoms with Crippen molar-refractivity contribution in [3.63, 3.8) is 0 Å². The average molecular weight is 501 g/mol. The third kappa shape index (κ3) is 8.56. The summed E-state index contributed by atoms with van der Waals surface area (Å²) in [6.07, 6.45) is 12.4. The molecule has 0 spiro atoms. The first-order valence-corrected chi connectivity index (χ1v) is 13.4. The number of nitrogens with one attached hydrogen (secondary N) is 1. The summed E-state index contributed by atoms with van der Waals surface area (Å²) in [5.74, 6) is 0.387. The Balaban J connectivity index is 0.00000281. The zero-order chi connectivity index (χ0) is 25.7. The third-order valence-electron chi connectivity index (χ3n) is 5.05. The highest BCUT2D eigenvalue weighted by Crippen LogP contribution is 2.38. The highest BCUT2D eigenvalue weighted by Gasteiger charge is 2.26. The molecule has 1 amide bonds. The highest BCUT2D eigenvalue weighted by atomic mass is 35.5. The molecular weight excluding hydrogens is 460 g/mol. The van der Waals surface area contributed by atoms with Gasteiger partial charge in [-0.25, -0.2) is 0 Å². The number of halogens is 1. The van der Waals surface area contributed by atoms with Crippen molar-refractivity contribution in [1.82, 2.24) is 9.88 Å². The fraction of sp³-hybridized carbons (Fsp3) is 0.414. The number of amides is 1. The topological polar surface area (TPSA) is 34.0 Å². The standard InChI is InChI=1S/C27H35ClN2OS.C2H6/c1-7-9-10-13-21(12-8-2)18-30-20(5)25(26(31)29-6)24(16-19(3)4)27(30)32-23-15-11-14-22(28)17-23;1-2/h8-15,17,19H,7,16,18H2,1-6H3,(H,29,31);1-2H3/b10-9+,12-8-,21-13+;. The van der Waals surface area contributed by atoms with Crippen molar-refractivity contribution in [1.29, 1.82) is 0 Å². The van der Waals surface area contributed by atoms with Crippen molar-refractivity contribution >= 4 is 29.3 Å². The molecule has 0 aliphatic heterocycles. The van der Waals surface area contributed by atoms with Gasteiger partial charge in [-0.3, -0.25) is 4.79 Å². The molecule has 2 rings (SSSR count). The van der Waals surface area contributed by atoms with Gasteiger partial charge in [0.1, 0.15) is 0 Å². The van der Waals surface area contributed by atoms with Crippen molar-refractivity contribution in [3.8, 4) is 0 Å². The molecule has 186 valence electrons. The molecule has 0 aliphatic carbocycles. The summed E-state index contributed by atoms with van der Waals surface area (Å²) in [5, 5.41) is 4.66. The fourth-order valence-corrected chi connectivity index (χ4v) is 5.07. The molecule has 0 aliphatic rings. The SMILES string of the molecule is CC.C\C=C/C(=C\C=C\CC)Cn1c(C)c(C(=O)NC)c(CC(C)C)c1Sc1cccc(Cl)c1. The van der Waals surface area contributed by atoms with Gasteiger partial charge >= 0.3 is 0 Å². The minimum Gasteiger partial charge on any atom is -0.355 e. The molecule has 0 saturated carbocycles. The summed E-state index contributed by atoms with van der Waals surface area (Å²) in [6, 6.07) is 7.89. The number of carbonyl (C=O) groups is 1. The quantitative estimate of drug-likeness (QED) is 0.331. The molecule has 5 heteroatoms. The van der Waals surface area contributed by atoms with E-state index in [1.807, 2.05) is 45.9 Å². The largest absolute Gasteiger partial charge is 0.355 e. The van der Waals surface area contributed by atoms with Gasteiger partial charge in [-0.15, -0.1) is 0 Å². The van der Waals surface area contributed by atoms with Gasteiger partial charge in [-0.1, -0.05) is 94.4 Å². The predicted molar refractivity (Wildman–Crippen MR) is 150 cm³/mol. The molecule has 0 fully saturated rings. The van der Waals surface area contributed by atoms with Crippen LogP contribution in [0.1, 0.15) is 69.6 Å². The summed E-state index contributed by atoms with van der Waals surface area (Å²) in [4.78, 5) is 14.0. The van der Waals surface area contributed by atoms with E-state index in [-0.39, 0.29) is 5.91 Å². The van der Waals surface area contributed by atoms with E-state index < -0.39 is 0 Å². The summed E-state index contributed by atoms with van der Waals surface area (Å²) < 4.78 is 2.28. The molecule has 0 saturated heterocycles. The van der Waals surface area contributed by atoms with Gasteiger partial charge in [-0.2, -0.15) is 0 Å². The van der Waals surface area contributed by atoms with Crippen LogP contribution in [0.5, 0.6) is 0 Å². The molecule has 1 heterocycles. The Labute approximate surface area is 216 Å². The second-order valence-corrected chi connectivity index (χ2v) is 9.64. The van der Waals surface area contributed by atoms with Gasteiger partial charge in [0.2, 0.25) is 0 Å². The maximum Gasteiger partial charge on any atom is 0.253 e. The molecular formula is C29H41ClN2OS. The van der Waals surface area contributed by atoms with Gasteiger partial charge in [-0.05, 0) is 61.9 Å². The minimum atomic E-state index is -0.0349. The van der Waals surface area contributed by atoms with Crippen LogP contribution >= 0.6 is 23.4 Å². The Hall–Kier alpha value is -2.17. The number of nitrogens with zero attached hydrogens (tertiary/aromatic N) is 1. The second kappa shape index (κ2) is 15.7. The normalized spacial score (nSPS) is 11.9. The molecule has 0 radical (unpaired) electrons. The number of rotatable bonds is 10. The predicted octanol–water partition coefficient (Wildman–Crippen LogP) is 8.65. The monoisotopic (exact) mass is 500 g/mol. The maximum atomic E-state index is 12.9. The fourth-order valence-electron chi connectivity index (χ4n) is 3.63. The van der Waals surface area contributed by atoms with E-state index in [2.05, 4.69) is 67.1 Å². The molecule has 2 aromatic rings. The lowest BCUT2D eigenvalue weighted by atomic mass is 10.0. The van der Waals surface area contributed by atoms with E-state index in [1.165, 1.54) is 5.57 Å². The second-order valence-electron chi connectivity index (χ2n) is 8.14. The van der Waals surface area contributed by atoms with Gasteiger partial charge in [0.25, 0.3) is 5.91 Å². The van der Waals surface area contributed by atoms with Crippen LogP contribution in [0, 0.1) is 12.8 Å². The number of aromatic nitrogens is 1. The molecule has 1 N–H and O–H groups in total. The van der Waals surface area contributed by atoms with Crippen molar-refractivity contribution in [2.24, 2.45) is 5.92 Å². The Kier molecular flexibility index (Phi) is 13.8. The molecule has 0 unspecified atom stereocenters. The lowest BCUT2D eigenvalue weighted by Crippen LogP contribution is -2.20. The Bertz CT molecular complexity index is 1020. The highest BCUT2D eigenvalue weighted by molar-refractivity contribution is 7.99. The molecule has 0 atom stereocenters. The third-order valence-corrected chi connectivity index (χ3v) is 6.44. The van der Waals surface area contributed by atoms with Gasteiger partial charge in [0.15, 0.2) is 0 Å². The van der Waals surface area contributed by atoms with Gasteiger partial charge in [0, 0.05) is 29.2 Å². The number of carbonyl (C=O) groups excluding carboxylic acids is 1. The first kappa shape index (κ1) is 29.9. The molecule has 0 bridgehead atoms. The van der Waals surface area contributed by atoms with Crippen molar-refractivity contribution in [3.05, 3.63) is 82.1 Å². The lowest BCUT2D eigenvalue weighted by Gasteiger charge is -2.14. The molecule has 3 nitrogen and oxygen atoms in total. The van der Waals surface area contributed by atoms with Crippen LogP contribution in [0.2, 0.25) is 5.02 Å². The zero-order valence-corrected chi connectivity index (χ0v) is 23.6. The van der Waals surface area contributed by atoms with Crippen LogP contribution in [-0.2, 0) is 13.0 Å². The van der Waals surface area contributed by atoms with Crippen LogP contribution in [0.3, 0.4) is 0 Å². The Morgan fingerprint density at radius 2 is 1.97 bits per heavy atom. The van der Waals surface area contributed by atoms with Crippen molar-refractivity contribution < 1.29 is 4.79 Å². The van der Waals surface area contributed by atoms with E-state index in [1.54, 1.807) is 18.8 Å². The number of benzene rings is 1. The van der Waals surface area contributed by atoms with Crippen LogP contribution in [-0.4, -0.2) is 17.5 Å². The van der Waals surface area contributed by atoms with Crippen LogP contribution in [0.4, 0.5) is 0 Å². The number of hydrogen-bond donors (Lipinski definition) is 1. The smallest absolute Gasteiger partial charge is 0.253 e. The van der Waals surface area contributed by atoms with E-state index in [9.17, 15) is 4.79 Å². The average Bonchev–Trinajstić information content (AvgIpc) is 3.05. The van der Waals surface area contributed by atoms with Crippen LogP contribution in [0.15, 0.2) is 70.1 Å². The summed E-state index contributed by atoms with van der Waals surface area (Å²) in [5.41, 5.74) is 4.06. The summed E-state index contributed by atoms with van der Waals surface area (Å²) in [7, 11) is 1.70. The molecule has 1 aromatic heterocycles. The van der Waals surface area contributed by atoms with Crippen LogP contribution < -0.4 is 5.32 Å². The van der Waals surface area contributed by atoms with Gasteiger partial charge < -0.3 is 9.88 Å².